The van der Waals surface area contributed by atoms with Gasteiger partial charge in [-0.15, -0.1) is 0 Å². The Kier molecular flexibility index (Phi) is 7.15. The minimum Gasteiger partial charge on any atom is -0.733 e. The number of nitrogens with zero attached hydrogens (tertiary/aromatic N) is 1. The highest BCUT2D eigenvalue weighted by Gasteiger charge is 2.31. The molecule has 1 aromatic carbocycles. The minimum atomic E-state index is -1.91. The number of hydrogen-bond donors (Lipinski definition) is 4. The van der Waals surface area contributed by atoms with Crippen molar-refractivity contribution in [1.82, 2.24) is 5.32 Å². The quantitative estimate of drug-likeness (QED) is 0.509. The van der Waals surface area contributed by atoms with Crippen molar-refractivity contribution in [3.63, 3.8) is 0 Å². The maximum Gasteiger partial charge on any atom is 0.409 e. The van der Waals surface area contributed by atoms with Crippen LogP contribution in [0.15, 0.2) is 24.3 Å². The fraction of sp³-hybridized carbons (Fsp3) is 0.400. The normalized spacial score (nSPS) is 14.1. The minimum absolute atomic E-state index is 0.266. The third-order valence-corrected chi connectivity index (χ3v) is 3.63. The molecule has 0 bridgehead atoms. The van der Waals surface area contributed by atoms with Gasteiger partial charge < -0.3 is 30.7 Å². The van der Waals surface area contributed by atoms with Crippen molar-refractivity contribution < 1.29 is 34.5 Å². The average molecular weight is 355 g/mol. The maximum atomic E-state index is 11.9. The molecule has 0 radical (unpaired) electrons. The number of carbonyl (C=O) groups is 3. The molecule has 0 heterocycles. The third kappa shape index (κ3) is 5.33. The van der Waals surface area contributed by atoms with Crippen molar-refractivity contribution in [2.45, 2.75) is 32.4 Å². The van der Waals surface area contributed by atoms with Crippen LogP contribution >= 0.6 is 0 Å². The summed E-state index contributed by atoms with van der Waals surface area (Å²) >= 11 is 0. The number of hydrogen-bond acceptors (Lipinski definition) is 7. The first-order valence-electron chi connectivity index (χ1n) is 7.36. The summed E-state index contributed by atoms with van der Waals surface area (Å²) in [6.07, 6.45) is -2.73. The van der Waals surface area contributed by atoms with Crippen molar-refractivity contribution in [2.24, 2.45) is 5.92 Å². The van der Waals surface area contributed by atoms with Gasteiger partial charge in [0.15, 0.2) is 0 Å². The van der Waals surface area contributed by atoms with Crippen molar-refractivity contribution >= 4 is 23.7 Å². The van der Waals surface area contributed by atoms with E-state index in [0.29, 0.717) is 6.42 Å². The van der Waals surface area contributed by atoms with Crippen molar-refractivity contribution in [1.29, 1.82) is 0 Å². The lowest BCUT2D eigenvalue weighted by molar-refractivity contribution is -0.147. The van der Waals surface area contributed by atoms with Gasteiger partial charge in [0.1, 0.15) is 6.04 Å². The highest BCUT2D eigenvalue weighted by molar-refractivity contribution is 5.83. The van der Waals surface area contributed by atoms with Gasteiger partial charge in [0.05, 0.1) is 5.69 Å². The summed E-state index contributed by atoms with van der Waals surface area (Å²) in [5.41, 5.74) is -0.683. The number of nitrogens with one attached hydrogen (secondary N) is 1. The number of para-hydroxylation sites is 1. The van der Waals surface area contributed by atoms with E-state index in [1.54, 1.807) is 13.8 Å². The van der Waals surface area contributed by atoms with E-state index in [0.717, 1.165) is 6.07 Å². The highest BCUT2D eigenvalue weighted by atomic mass is 16.8. The van der Waals surface area contributed by atoms with Gasteiger partial charge in [-0.25, -0.2) is 14.4 Å². The van der Waals surface area contributed by atoms with Gasteiger partial charge in [0.25, 0.3) is 0 Å². The maximum absolute atomic E-state index is 11.9. The molecule has 0 fully saturated rings. The molecule has 1 unspecified atom stereocenters. The first kappa shape index (κ1) is 20.2. The predicted molar refractivity (Wildman–Crippen MR) is 84.9 cm³/mol. The van der Waals surface area contributed by atoms with Crippen LogP contribution in [0, 0.1) is 11.1 Å². The van der Waals surface area contributed by atoms with Crippen LogP contribution in [0.5, 0.6) is 0 Å². The Labute approximate surface area is 143 Å². The second-order valence-electron chi connectivity index (χ2n) is 5.30. The number of rotatable bonds is 8. The monoisotopic (exact) mass is 355 g/mol. The standard InChI is InChI=1S/C15H19N2O8/c1-3-8(2)11(13(18)19)16-15(22)25-12(14(20)21)9-6-4-5-7-10(9)17(23)24/h4-8,11-12,23H,3H2,1-2H3,(H,16,22)(H,18,19)(H,20,21)/q-1/t8-,11-,12?/m0/s1. The van der Waals surface area contributed by atoms with Gasteiger partial charge in [-0.1, -0.05) is 38.5 Å². The van der Waals surface area contributed by atoms with Crippen molar-refractivity contribution in [2.75, 3.05) is 5.23 Å². The van der Waals surface area contributed by atoms with Gasteiger partial charge >= 0.3 is 18.0 Å². The molecule has 0 saturated carbocycles. The van der Waals surface area contributed by atoms with E-state index >= 15 is 0 Å². The number of ether oxygens (including phenoxy) is 1. The van der Waals surface area contributed by atoms with Crippen molar-refractivity contribution in [3.05, 3.63) is 35.0 Å². The number of alkyl carbamates (subject to hydrolysis) is 1. The van der Waals surface area contributed by atoms with Crippen LogP contribution in [0.1, 0.15) is 31.9 Å². The Hall–Kier alpha value is -2.85. The van der Waals surface area contributed by atoms with E-state index in [1.807, 2.05) is 0 Å². The lowest BCUT2D eigenvalue weighted by Crippen LogP contribution is -2.45. The fourth-order valence-corrected chi connectivity index (χ4v) is 2.08. The lowest BCUT2D eigenvalue weighted by atomic mass is 10.00. The summed E-state index contributed by atoms with van der Waals surface area (Å²) in [7, 11) is 0. The fourth-order valence-electron chi connectivity index (χ4n) is 2.08. The molecule has 0 aliphatic heterocycles. The molecule has 1 amide bonds. The summed E-state index contributed by atoms with van der Waals surface area (Å²) in [6, 6.07) is 3.82. The van der Waals surface area contributed by atoms with Crippen LogP contribution < -0.4 is 10.5 Å². The molecular formula is C15H19N2O8-. The van der Waals surface area contributed by atoms with Crippen molar-refractivity contribution in [3.8, 4) is 0 Å². The van der Waals surface area contributed by atoms with Gasteiger partial charge in [-0.05, 0) is 12.0 Å². The average Bonchev–Trinajstić information content (AvgIpc) is 2.56. The molecule has 0 saturated heterocycles. The van der Waals surface area contributed by atoms with E-state index < -0.39 is 47.0 Å². The van der Waals surface area contributed by atoms with Crippen LogP contribution in [0.2, 0.25) is 0 Å². The zero-order chi connectivity index (χ0) is 19.1. The van der Waals surface area contributed by atoms with E-state index in [1.165, 1.54) is 18.2 Å². The molecule has 3 atom stereocenters. The third-order valence-electron chi connectivity index (χ3n) is 3.63. The van der Waals surface area contributed by atoms with E-state index in [2.05, 4.69) is 5.32 Å². The largest absolute Gasteiger partial charge is 0.733 e. The Morgan fingerprint density at radius 1 is 1.24 bits per heavy atom. The molecule has 1 aromatic rings. The van der Waals surface area contributed by atoms with E-state index in [9.17, 15) is 24.7 Å². The summed E-state index contributed by atoms with van der Waals surface area (Å²) in [6.45, 7) is 3.33. The van der Waals surface area contributed by atoms with Crippen LogP contribution in [-0.2, 0) is 14.3 Å². The zero-order valence-corrected chi connectivity index (χ0v) is 13.6. The Morgan fingerprint density at radius 3 is 2.32 bits per heavy atom. The molecule has 10 heteroatoms. The van der Waals surface area contributed by atoms with Crippen LogP contribution in [0.4, 0.5) is 10.5 Å². The lowest BCUT2D eigenvalue weighted by Gasteiger charge is -2.27. The molecule has 0 aliphatic carbocycles. The Morgan fingerprint density at radius 2 is 1.84 bits per heavy atom. The topological polar surface area (TPSA) is 159 Å². The van der Waals surface area contributed by atoms with Crippen LogP contribution in [0.25, 0.3) is 0 Å². The number of anilines is 1. The van der Waals surface area contributed by atoms with E-state index in [-0.39, 0.29) is 5.56 Å². The number of carboxylic acid groups (broad SMARTS) is 2. The SMILES string of the molecule is CC[C@H](C)[C@H](NC(=O)OC(C(=O)O)c1ccccc1N([O-])O)C(=O)O. The molecule has 138 valence electrons. The number of carboxylic acids is 2. The van der Waals surface area contributed by atoms with Gasteiger partial charge in [-0.3, -0.25) is 5.21 Å². The Bertz CT molecular complexity index is 634. The van der Waals surface area contributed by atoms with Crippen LogP contribution in [0.3, 0.4) is 0 Å². The molecule has 0 aliphatic rings. The Balaban J connectivity index is 3.01. The summed E-state index contributed by atoms with van der Waals surface area (Å²) in [5.74, 6) is -3.31. The molecule has 25 heavy (non-hydrogen) atoms. The number of aliphatic carboxylic acids is 2. The number of benzene rings is 1. The summed E-state index contributed by atoms with van der Waals surface area (Å²) in [5, 5.41) is 40.1. The summed E-state index contributed by atoms with van der Waals surface area (Å²) in [4.78, 5) is 34.5. The smallest absolute Gasteiger partial charge is 0.409 e. The molecule has 1 rings (SSSR count). The van der Waals surface area contributed by atoms with Gasteiger partial charge in [-0.2, -0.15) is 0 Å². The van der Waals surface area contributed by atoms with E-state index in [4.69, 9.17) is 15.1 Å². The van der Waals surface area contributed by atoms with Gasteiger partial charge in [0.2, 0.25) is 6.10 Å². The molecule has 0 spiro atoms. The first-order valence-corrected chi connectivity index (χ1v) is 7.36. The predicted octanol–water partition coefficient (Wildman–Crippen LogP) is 1.73. The molecule has 0 aromatic heterocycles. The second-order valence-corrected chi connectivity index (χ2v) is 5.30. The summed E-state index contributed by atoms with van der Waals surface area (Å²) < 4.78 is 4.77. The number of carbonyl (C=O) groups excluding carboxylic acids is 1. The molecule has 4 N–H and O–H groups in total. The number of amides is 1. The zero-order valence-electron chi connectivity index (χ0n) is 13.6. The van der Waals surface area contributed by atoms with Gasteiger partial charge in [0, 0.05) is 5.56 Å². The molecular weight excluding hydrogens is 336 g/mol. The first-order chi connectivity index (χ1) is 11.7. The molecule has 10 nitrogen and oxygen atoms in total. The highest BCUT2D eigenvalue weighted by Crippen LogP contribution is 2.28. The second kappa shape index (κ2) is 8.85. The van der Waals surface area contributed by atoms with Crippen LogP contribution in [-0.4, -0.2) is 39.5 Å².